The first-order valence-corrected chi connectivity index (χ1v) is 13.7. The number of aromatic nitrogens is 5. The van der Waals surface area contributed by atoms with Crippen LogP contribution >= 0.6 is 0 Å². The molecule has 1 aliphatic carbocycles. The van der Waals surface area contributed by atoms with Crippen molar-refractivity contribution in [3.63, 3.8) is 0 Å². The van der Waals surface area contributed by atoms with Crippen molar-refractivity contribution < 1.29 is 4.74 Å². The van der Waals surface area contributed by atoms with E-state index >= 15 is 0 Å². The van der Waals surface area contributed by atoms with Crippen LogP contribution in [0.5, 0.6) is 0 Å². The Hall–Kier alpha value is -2.97. The Morgan fingerprint density at radius 2 is 1.76 bits per heavy atom. The quantitative estimate of drug-likeness (QED) is 0.443. The first kappa shape index (κ1) is 23.2. The van der Waals surface area contributed by atoms with Gasteiger partial charge in [-0.15, -0.1) is 0 Å². The van der Waals surface area contributed by atoms with Crippen molar-refractivity contribution in [3.05, 3.63) is 51.8 Å². The van der Waals surface area contributed by atoms with E-state index in [1.165, 1.54) is 24.2 Å². The summed E-state index contributed by atoms with van der Waals surface area (Å²) in [6, 6.07) is 5.34. The molecule has 8 nitrogen and oxygen atoms in total. The van der Waals surface area contributed by atoms with Crippen molar-refractivity contribution in [3.8, 4) is 11.1 Å². The zero-order chi connectivity index (χ0) is 25.5. The zero-order valence-electron chi connectivity index (χ0n) is 22.3. The van der Waals surface area contributed by atoms with Crippen LogP contribution in [0.15, 0.2) is 29.5 Å². The topological polar surface area (TPSA) is 80.5 Å². The Morgan fingerprint density at radius 3 is 2.43 bits per heavy atom. The molecule has 194 valence electrons. The Labute approximate surface area is 216 Å². The van der Waals surface area contributed by atoms with E-state index in [9.17, 15) is 4.79 Å². The van der Waals surface area contributed by atoms with E-state index in [0.717, 1.165) is 72.3 Å². The van der Waals surface area contributed by atoms with Gasteiger partial charge in [-0.1, -0.05) is 13.8 Å². The number of nitrogens with zero attached hydrogens (tertiary/aromatic N) is 5. The average Bonchev–Trinajstić information content (AvgIpc) is 3.42. The number of aryl methyl sites for hydroxylation is 1. The fraction of sp³-hybridized carbons (Fsp3) is 0.552. The molecule has 37 heavy (non-hydrogen) atoms. The molecule has 3 aliphatic rings. The molecule has 0 unspecified atom stereocenters. The molecule has 0 radical (unpaired) electrons. The van der Waals surface area contributed by atoms with Gasteiger partial charge in [-0.25, -0.2) is 14.3 Å². The molecule has 1 spiro atoms. The maximum atomic E-state index is 13.3. The van der Waals surface area contributed by atoms with Gasteiger partial charge in [0.2, 0.25) is 0 Å². The number of pyridine rings is 1. The van der Waals surface area contributed by atoms with Crippen molar-refractivity contribution in [2.45, 2.75) is 71.4 Å². The fourth-order valence-corrected chi connectivity index (χ4v) is 7.06. The van der Waals surface area contributed by atoms with Crippen LogP contribution in [0, 0.1) is 19.3 Å². The molecule has 0 atom stereocenters. The second-order valence-corrected chi connectivity index (χ2v) is 12.1. The molecule has 1 aromatic carbocycles. The molecule has 3 aromatic heterocycles. The highest BCUT2D eigenvalue weighted by Gasteiger charge is 2.50. The Kier molecular flexibility index (Phi) is 5.18. The molecule has 1 saturated carbocycles. The molecule has 2 saturated heterocycles. The number of rotatable bonds is 4. The molecule has 1 N–H and O–H groups in total. The summed E-state index contributed by atoms with van der Waals surface area (Å²) in [5, 5.41) is 4.40. The van der Waals surface area contributed by atoms with Gasteiger partial charge in [-0.05, 0) is 79.8 Å². The van der Waals surface area contributed by atoms with Gasteiger partial charge < -0.3 is 9.72 Å². The van der Waals surface area contributed by atoms with E-state index in [0.29, 0.717) is 17.4 Å². The monoisotopic (exact) mass is 500 g/mol. The van der Waals surface area contributed by atoms with Gasteiger partial charge in [0.25, 0.3) is 0 Å². The van der Waals surface area contributed by atoms with E-state index in [1.54, 1.807) is 6.33 Å². The summed E-state index contributed by atoms with van der Waals surface area (Å²) in [5.74, 6) is 0.314. The van der Waals surface area contributed by atoms with Gasteiger partial charge in [0.1, 0.15) is 6.33 Å². The molecule has 0 amide bonds. The zero-order valence-corrected chi connectivity index (χ0v) is 22.3. The number of H-pyrrole nitrogens is 1. The van der Waals surface area contributed by atoms with E-state index in [1.807, 2.05) is 4.52 Å². The summed E-state index contributed by atoms with van der Waals surface area (Å²) in [6.45, 7) is 13.0. The maximum absolute atomic E-state index is 13.3. The van der Waals surface area contributed by atoms with Crippen LogP contribution in [0.1, 0.15) is 68.2 Å². The van der Waals surface area contributed by atoms with Gasteiger partial charge in [0.05, 0.1) is 24.2 Å². The summed E-state index contributed by atoms with van der Waals surface area (Å²) in [6.07, 6.45) is 8.10. The SMILES string of the molecule is Cc1c(-c2cc3[nH]c(=O)n(C4CCC(N5CC6(COC6)C5)CC4)c3cc2C(C)C)cn2ncnc2c1C. The lowest BCUT2D eigenvalue weighted by molar-refractivity contribution is -0.200. The number of fused-ring (bicyclic) bond motifs is 2. The molecular weight excluding hydrogens is 464 g/mol. The summed E-state index contributed by atoms with van der Waals surface area (Å²) >= 11 is 0. The minimum Gasteiger partial charge on any atom is -0.380 e. The molecule has 7 rings (SSSR count). The second kappa shape index (κ2) is 8.27. The Bertz CT molecular complexity index is 1560. The van der Waals surface area contributed by atoms with Gasteiger partial charge in [-0.2, -0.15) is 5.10 Å². The number of ether oxygens (including phenoxy) is 1. The van der Waals surface area contributed by atoms with E-state index in [2.05, 4.69) is 70.6 Å². The van der Waals surface area contributed by atoms with Crippen LogP contribution in [0.3, 0.4) is 0 Å². The van der Waals surface area contributed by atoms with Gasteiger partial charge in [0, 0.05) is 42.3 Å². The standard InChI is InChI=1S/C29H36N6O2/c1-17(2)22-10-26-25(9-23(22)24-11-34-27(30-16-31-34)19(4)18(24)3)32-28(36)35(26)21-7-5-20(6-8-21)33-12-29(13-33)14-37-15-29/h9-11,16-17,20-21H,5-8,12-15H2,1-4H3,(H,32,36). The van der Waals surface area contributed by atoms with Crippen molar-refractivity contribution >= 4 is 16.7 Å². The fourth-order valence-electron chi connectivity index (χ4n) is 7.06. The average molecular weight is 501 g/mol. The van der Waals surface area contributed by atoms with Crippen LogP contribution in [0.25, 0.3) is 27.8 Å². The number of likely N-dealkylation sites (tertiary alicyclic amines) is 1. The molecule has 8 heteroatoms. The van der Waals surface area contributed by atoms with E-state index in [4.69, 9.17) is 4.74 Å². The third-order valence-electron chi connectivity index (χ3n) is 9.37. The van der Waals surface area contributed by atoms with Gasteiger partial charge in [0.15, 0.2) is 5.65 Å². The minimum atomic E-state index is 0.0134. The number of nitrogens with one attached hydrogen (secondary N) is 1. The summed E-state index contributed by atoms with van der Waals surface area (Å²) in [7, 11) is 0. The lowest BCUT2D eigenvalue weighted by Crippen LogP contribution is -2.68. The molecule has 5 heterocycles. The number of imidazole rings is 1. The van der Waals surface area contributed by atoms with Crippen molar-refractivity contribution in [2.24, 2.45) is 5.41 Å². The third-order valence-corrected chi connectivity index (χ3v) is 9.37. The normalized spacial score (nSPS) is 23.7. The van der Waals surface area contributed by atoms with Crippen LogP contribution in [0.2, 0.25) is 0 Å². The first-order chi connectivity index (χ1) is 17.8. The third kappa shape index (κ3) is 3.52. The summed E-state index contributed by atoms with van der Waals surface area (Å²) in [5.41, 5.74) is 9.19. The van der Waals surface area contributed by atoms with Gasteiger partial charge >= 0.3 is 5.69 Å². The van der Waals surface area contributed by atoms with Crippen LogP contribution in [0.4, 0.5) is 0 Å². The molecular formula is C29H36N6O2. The predicted molar refractivity (Wildman–Crippen MR) is 144 cm³/mol. The Balaban J connectivity index is 1.23. The highest BCUT2D eigenvalue weighted by molar-refractivity contribution is 5.86. The number of hydrogen-bond donors (Lipinski definition) is 1. The number of hydrogen-bond acceptors (Lipinski definition) is 5. The minimum absolute atomic E-state index is 0.0134. The smallest absolute Gasteiger partial charge is 0.326 e. The lowest BCUT2D eigenvalue weighted by Gasteiger charge is -2.58. The molecule has 3 fully saturated rings. The molecule has 4 aromatic rings. The summed E-state index contributed by atoms with van der Waals surface area (Å²) in [4.78, 5) is 23.6. The van der Waals surface area contributed by atoms with Crippen LogP contribution in [-0.4, -0.2) is 61.4 Å². The predicted octanol–water partition coefficient (Wildman–Crippen LogP) is 4.60. The van der Waals surface area contributed by atoms with Crippen LogP contribution in [-0.2, 0) is 4.74 Å². The van der Waals surface area contributed by atoms with Crippen LogP contribution < -0.4 is 5.69 Å². The largest absolute Gasteiger partial charge is 0.380 e. The van der Waals surface area contributed by atoms with E-state index < -0.39 is 0 Å². The molecule has 0 bridgehead atoms. The second-order valence-electron chi connectivity index (χ2n) is 12.1. The van der Waals surface area contributed by atoms with E-state index in [-0.39, 0.29) is 11.7 Å². The van der Waals surface area contributed by atoms with Crippen molar-refractivity contribution in [1.82, 2.24) is 29.0 Å². The van der Waals surface area contributed by atoms with Crippen molar-refractivity contribution in [1.29, 1.82) is 0 Å². The number of aromatic amines is 1. The Morgan fingerprint density at radius 1 is 1.03 bits per heavy atom. The highest BCUT2D eigenvalue weighted by atomic mass is 16.5. The summed E-state index contributed by atoms with van der Waals surface area (Å²) < 4.78 is 9.36. The first-order valence-electron chi connectivity index (χ1n) is 13.7. The molecule has 2 aliphatic heterocycles. The highest BCUT2D eigenvalue weighted by Crippen LogP contribution is 2.43. The van der Waals surface area contributed by atoms with Gasteiger partial charge in [-0.3, -0.25) is 9.47 Å². The number of benzene rings is 1. The maximum Gasteiger partial charge on any atom is 0.326 e. The lowest BCUT2D eigenvalue weighted by atomic mass is 9.75. The van der Waals surface area contributed by atoms with Crippen molar-refractivity contribution in [2.75, 3.05) is 26.3 Å².